The lowest BCUT2D eigenvalue weighted by Crippen LogP contribution is -2.31. The maximum Gasteiger partial charge on any atom is 0.254 e. The van der Waals surface area contributed by atoms with Gasteiger partial charge in [-0.05, 0) is 44.2 Å². The molecule has 0 fully saturated rings. The third kappa shape index (κ3) is 6.30. The summed E-state index contributed by atoms with van der Waals surface area (Å²) in [5, 5.41) is 19.4. The van der Waals surface area contributed by atoms with E-state index in [2.05, 4.69) is 22.0 Å². The number of ether oxygens (including phenoxy) is 1. The highest BCUT2D eigenvalue weighted by Crippen LogP contribution is 2.42. The Bertz CT molecular complexity index is 1510. The quantitative estimate of drug-likeness (QED) is 0.330. The molecule has 2 amide bonds. The number of amides is 2. The van der Waals surface area contributed by atoms with Crippen molar-refractivity contribution in [3.05, 3.63) is 112 Å². The highest BCUT2D eigenvalue weighted by molar-refractivity contribution is 8.03. The smallest absolute Gasteiger partial charge is 0.254 e. The molecule has 1 heterocycles. The van der Waals surface area contributed by atoms with Crippen LogP contribution in [0.4, 0.5) is 15.8 Å². The predicted molar refractivity (Wildman–Crippen MR) is 152 cm³/mol. The Morgan fingerprint density at radius 3 is 2.41 bits per heavy atom. The summed E-state index contributed by atoms with van der Waals surface area (Å²) in [6.07, 6.45) is 0. The summed E-state index contributed by atoms with van der Waals surface area (Å²) in [5.41, 5.74) is 3.13. The number of nitrogens with one attached hydrogen (secondary N) is 3. The van der Waals surface area contributed by atoms with Crippen LogP contribution in [0, 0.1) is 24.1 Å². The van der Waals surface area contributed by atoms with Gasteiger partial charge in [-0.25, -0.2) is 4.39 Å². The van der Waals surface area contributed by atoms with Crippen LogP contribution in [-0.2, 0) is 9.59 Å². The van der Waals surface area contributed by atoms with Crippen LogP contribution in [0.1, 0.15) is 24.0 Å². The molecular formula is C30H27FN4O3S. The number of para-hydroxylation sites is 2. The number of nitriles is 1. The van der Waals surface area contributed by atoms with Gasteiger partial charge in [0.15, 0.2) is 0 Å². The van der Waals surface area contributed by atoms with Gasteiger partial charge in [-0.15, -0.1) is 0 Å². The Balaban J connectivity index is 1.65. The molecule has 1 aliphatic heterocycles. The van der Waals surface area contributed by atoms with Gasteiger partial charge in [0, 0.05) is 22.5 Å². The predicted octanol–water partition coefficient (Wildman–Crippen LogP) is 5.85. The first-order valence-corrected chi connectivity index (χ1v) is 13.1. The zero-order chi connectivity index (χ0) is 27.9. The summed E-state index contributed by atoms with van der Waals surface area (Å²) in [6, 6.07) is 22.5. The lowest BCUT2D eigenvalue weighted by Gasteiger charge is -2.30. The number of hydrogen-bond acceptors (Lipinski definition) is 6. The fraction of sp³-hybridized carbons (Fsp3) is 0.167. The Hall–Kier alpha value is -4.55. The Morgan fingerprint density at radius 2 is 1.72 bits per heavy atom. The van der Waals surface area contributed by atoms with Gasteiger partial charge in [-0.3, -0.25) is 9.59 Å². The number of benzene rings is 3. The highest BCUT2D eigenvalue weighted by Gasteiger charge is 2.36. The van der Waals surface area contributed by atoms with Crippen LogP contribution in [0.2, 0.25) is 0 Å². The number of methoxy groups -OCH3 is 1. The van der Waals surface area contributed by atoms with Crippen molar-refractivity contribution in [3.8, 4) is 11.8 Å². The number of anilines is 2. The standard InChI is InChI=1S/C30H27FN4O3S/c1-18-12-14-20(15-13-18)34-26(36)17-39-30-22(16-32)28(21-8-4-5-9-23(21)31)27(19(2)33-30)29(37)35-24-10-6-7-11-25(24)38-3/h4-15,28,33H,17H2,1-3H3,(H,34,36)(H,35,37). The number of hydrogen-bond donors (Lipinski definition) is 3. The second-order valence-electron chi connectivity index (χ2n) is 8.83. The number of rotatable bonds is 8. The van der Waals surface area contributed by atoms with Crippen LogP contribution in [0.25, 0.3) is 0 Å². The molecule has 0 spiro atoms. The molecule has 39 heavy (non-hydrogen) atoms. The van der Waals surface area contributed by atoms with Crippen molar-refractivity contribution in [3.63, 3.8) is 0 Å². The maximum atomic E-state index is 15.1. The van der Waals surface area contributed by atoms with Crippen LogP contribution < -0.4 is 20.7 Å². The normalized spacial score (nSPS) is 14.8. The average Bonchev–Trinajstić information content (AvgIpc) is 2.93. The minimum Gasteiger partial charge on any atom is -0.495 e. The number of halogens is 1. The van der Waals surface area contributed by atoms with E-state index in [1.54, 1.807) is 49.4 Å². The minimum absolute atomic E-state index is 0.00139. The van der Waals surface area contributed by atoms with Gasteiger partial charge in [0.1, 0.15) is 11.6 Å². The lowest BCUT2D eigenvalue weighted by molar-refractivity contribution is -0.114. The van der Waals surface area contributed by atoms with Gasteiger partial charge in [0.05, 0.1) is 41.1 Å². The number of dihydropyridines is 1. The first-order valence-electron chi connectivity index (χ1n) is 12.1. The average molecular weight is 543 g/mol. The van der Waals surface area contributed by atoms with Crippen LogP contribution in [-0.4, -0.2) is 24.7 Å². The van der Waals surface area contributed by atoms with E-state index < -0.39 is 17.6 Å². The molecule has 0 radical (unpaired) electrons. The van der Waals surface area contributed by atoms with Crippen LogP contribution in [0.15, 0.2) is 94.7 Å². The first kappa shape index (κ1) is 27.5. The topological polar surface area (TPSA) is 103 Å². The van der Waals surface area contributed by atoms with Gasteiger partial charge in [0.2, 0.25) is 5.91 Å². The monoisotopic (exact) mass is 542 g/mol. The summed E-state index contributed by atoms with van der Waals surface area (Å²) >= 11 is 1.12. The number of carbonyl (C=O) groups excluding carboxylic acids is 2. The van der Waals surface area contributed by atoms with Gasteiger partial charge >= 0.3 is 0 Å². The second kappa shape index (κ2) is 12.3. The molecule has 198 valence electrons. The maximum absolute atomic E-state index is 15.1. The Morgan fingerprint density at radius 1 is 1.03 bits per heavy atom. The molecule has 4 rings (SSSR count). The van der Waals surface area contributed by atoms with E-state index in [1.807, 2.05) is 31.2 Å². The largest absolute Gasteiger partial charge is 0.495 e. The third-order valence-corrected chi connectivity index (χ3v) is 7.16. The van der Waals surface area contributed by atoms with Crippen molar-refractivity contribution in [1.82, 2.24) is 5.32 Å². The summed E-state index contributed by atoms with van der Waals surface area (Å²) < 4.78 is 20.5. The number of aryl methyl sites for hydroxylation is 1. The third-order valence-electron chi connectivity index (χ3n) is 6.15. The molecule has 1 aliphatic rings. The van der Waals surface area contributed by atoms with E-state index in [-0.39, 0.29) is 28.4 Å². The van der Waals surface area contributed by atoms with Crippen molar-refractivity contribution in [2.24, 2.45) is 0 Å². The molecule has 0 aliphatic carbocycles. The SMILES string of the molecule is COc1ccccc1NC(=O)C1=C(C)NC(SCC(=O)Nc2ccc(C)cc2)=C(C#N)C1c1ccccc1F. The number of carbonyl (C=O) groups is 2. The fourth-order valence-electron chi connectivity index (χ4n) is 4.26. The van der Waals surface area contributed by atoms with Crippen molar-refractivity contribution in [2.75, 3.05) is 23.5 Å². The zero-order valence-corrected chi connectivity index (χ0v) is 22.5. The molecule has 0 saturated carbocycles. The first-order chi connectivity index (χ1) is 18.8. The van der Waals surface area contributed by atoms with Crippen molar-refractivity contribution < 1.29 is 18.7 Å². The van der Waals surface area contributed by atoms with E-state index >= 15 is 4.39 Å². The van der Waals surface area contributed by atoms with E-state index in [0.717, 1.165) is 17.3 Å². The van der Waals surface area contributed by atoms with Crippen LogP contribution >= 0.6 is 11.8 Å². The molecule has 1 atom stereocenters. The molecule has 3 N–H and O–H groups in total. The van der Waals surface area contributed by atoms with E-state index in [4.69, 9.17) is 4.74 Å². The molecule has 7 nitrogen and oxygen atoms in total. The molecule has 0 saturated heterocycles. The van der Waals surface area contributed by atoms with Crippen molar-refractivity contribution in [1.29, 1.82) is 5.26 Å². The van der Waals surface area contributed by atoms with E-state index in [0.29, 0.717) is 27.9 Å². The number of thioether (sulfide) groups is 1. The second-order valence-corrected chi connectivity index (χ2v) is 9.82. The van der Waals surface area contributed by atoms with Gasteiger partial charge in [-0.1, -0.05) is 59.8 Å². The summed E-state index contributed by atoms with van der Waals surface area (Å²) in [7, 11) is 1.49. The summed E-state index contributed by atoms with van der Waals surface area (Å²) in [5.74, 6) is -1.85. The number of allylic oxidation sites excluding steroid dienone is 2. The Labute approximate surface area is 230 Å². The molecule has 0 aromatic heterocycles. The summed E-state index contributed by atoms with van der Waals surface area (Å²) in [6.45, 7) is 3.64. The zero-order valence-electron chi connectivity index (χ0n) is 21.7. The highest BCUT2D eigenvalue weighted by atomic mass is 32.2. The van der Waals surface area contributed by atoms with Crippen LogP contribution in [0.5, 0.6) is 5.75 Å². The molecule has 0 bridgehead atoms. The lowest BCUT2D eigenvalue weighted by atomic mass is 9.82. The van der Waals surface area contributed by atoms with Gasteiger partial charge in [-0.2, -0.15) is 5.26 Å². The molecule has 3 aromatic carbocycles. The van der Waals surface area contributed by atoms with Crippen LogP contribution in [0.3, 0.4) is 0 Å². The fourth-order valence-corrected chi connectivity index (χ4v) is 5.15. The van der Waals surface area contributed by atoms with Gasteiger partial charge < -0.3 is 20.7 Å². The molecular weight excluding hydrogens is 515 g/mol. The summed E-state index contributed by atoms with van der Waals surface area (Å²) in [4.78, 5) is 26.3. The van der Waals surface area contributed by atoms with Gasteiger partial charge in [0.25, 0.3) is 5.91 Å². The molecule has 9 heteroatoms. The van der Waals surface area contributed by atoms with E-state index in [9.17, 15) is 14.9 Å². The molecule has 3 aromatic rings. The Kier molecular flexibility index (Phi) is 8.69. The van der Waals surface area contributed by atoms with Crippen molar-refractivity contribution >= 4 is 35.0 Å². The van der Waals surface area contributed by atoms with Crippen molar-refractivity contribution in [2.45, 2.75) is 19.8 Å². The van der Waals surface area contributed by atoms with E-state index in [1.165, 1.54) is 13.2 Å². The number of nitrogens with zero attached hydrogens (tertiary/aromatic N) is 1. The minimum atomic E-state index is -0.991. The molecule has 1 unspecified atom stereocenters.